The second-order valence-electron chi connectivity index (χ2n) is 3.89. The van der Waals surface area contributed by atoms with Gasteiger partial charge in [-0.2, -0.15) is 0 Å². The lowest BCUT2D eigenvalue weighted by atomic mass is 9.98. The minimum Gasteiger partial charge on any atom is -0.280 e. The van der Waals surface area contributed by atoms with E-state index in [1.54, 1.807) is 17.0 Å². The molecule has 0 unspecified atom stereocenters. The van der Waals surface area contributed by atoms with E-state index in [1.165, 1.54) is 0 Å². The molecule has 1 aromatic heterocycles. The van der Waals surface area contributed by atoms with E-state index in [1.807, 2.05) is 13.0 Å². The third kappa shape index (κ3) is 3.09. The average Bonchev–Trinajstić information content (AvgIpc) is 2.01. The van der Waals surface area contributed by atoms with Gasteiger partial charge in [-0.05, 0) is 18.9 Å². The van der Waals surface area contributed by atoms with Gasteiger partial charge in [-0.1, -0.05) is 13.8 Å². The molecule has 0 radical (unpaired) electrons. The van der Waals surface area contributed by atoms with Gasteiger partial charge in [0, 0.05) is 11.1 Å². The summed E-state index contributed by atoms with van der Waals surface area (Å²) >= 11 is 0. The minimum atomic E-state index is -2.29. The van der Waals surface area contributed by atoms with Crippen molar-refractivity contribution < 1.29 is 13.2 Å². The first kappa shape index (κ1) is 11.2. The minimum absolute atomic E-state index is 0.221. The summed E-state index contributed by atoms with van der Waals surface area (Å²) in [5.41, 5.74) is 2.13. The lowest BCUT2D eigenvalue weighted by molar-refractivity contribution is -0.682. The second-order valence-corrected chi connectivity index (χ2v) is 3.89. The summed E-state index contributed by atoms with van der Waals surface area (Å²) in [5, 5.41) is 0. The Morgan fingerprint density at radius 3 is 2.50 bits per heavy atom. The molecule has 76 valence electrons. The van der Waals surface area contributed by atoms with E-state index < -0.39 is 7.27 Å². The third-order valence-electron chi connectivity index (χ3n) is 2.09. The Kier molecular flexibility index (Phi) is 3.61. The molecule has 4 heteroatoms. The molecule has 0 aliphatic heterocycles. The van der Waals surface area contributed by atoms with Crippen LogP contribution in [0.4, 0.5) is 8.63 Å². The van der Waals surface area contributed by atoms with E-state index >= 15 is 0 Å². The first-order chi connectivity index (χ1) is 6.49. The first-order valence-electron chi connectivity index (χ1n) is 4.78. The number of hydrogen-bond acceptors (Lipinski definition) is 0. The van der Waals surface area contributed by atoms with E-state index in [2.05, 4.69) is 13.8 Å². The van der Waals surface area contributed by atoms with Crippen LogP contribution >= 0.6 is 0 Å². The van der Waals surface area contributed by atoms with E-state index in [9.17, 15) is 8.63 Å². The van der Waals surface area contributed by atoms with Crippen molar-refractivity contribution in [2.24, 2.45) is 0 Å². The second kappa shape index (κ2) is 4.53. The van der Waals surface area contributed by atoms with Gasteiger partial charge in [-0.25, -0.2) is 4.57 Å². The van der Waals surface area contributed by atoms with Crippen LogP contribution in [0.1, 0.15) is 30.9 Å². The highest BCUT2D eigenvalue weighted by Gasteiger charge is 2.20. The highest BCUT2D eigenvalue weighted by molar-refractivity contribution is 6.40. The lowest BCUT2D eigenvalue weighted by Crippen LogP contribution is -2.39. The summed E-state index contributed by atoms with van der Waals surface area (Å²) in [6.07, 6.45) is 3.32. The average molecular weight is 198 g/mol. The van der Waals surface area contributed by atoms with Crippen LogP contribution < -0.4 is 4.57 Å². The van der Waals surface area contributed by atoms with Crippen LogP contribution in [0.2, 0.25) is 0 Å². The Hall–Kier alpha value is -0.925. The summed E-state index contributed by atoms with van der Waals surface area (Å²) in [5.74, 6) is 0.374. The van der Waals surface area contributed by atoms with E-state index in [4.69, 9.17) is 0 Å². The van der Waals surface area contributed by atoms with E-state index in [-0.39, 0.29) is 6.44 Å². The molecule has 14 heavy (non-hydrogen) atoms. The van der Waals surface area contributed by atoms with Crippen molar-refractivity contribution in [3.8, 4) is 0 Å². The topological polar surface area (TPSA) is 3.88 Å². The zero-order valence-electron chi connectivity index (χ0n) is 8.80. The van der Waals surface area contributed by atoms with Gasteiger partial charge in [-0.15, -0.1) is 0 Å². The van der Waals surface area contributed by atoms with E-state index in [0.717, 1.165) is 11.1 Å². The molecule has 0 fully saturated rings. The summed E-state index contributed by atoms with van der Waals surface area (Å²) < 4.78 is 25.9. The van der Waals surface area contributed by atoms with Crippen LogP contribution in [0.5, 0.6) is 0 Å². The molecule has 0 aliphatic rings. The maximum absolute atomic E-state index is 12.2. The SMILES string of the molecule is Cc1cc(C(C)C)c[n+](CB(F)F)c1. The van der Waals surface area contributed by atoms with Gasteiger partial charge < -0.3 is 0 Å². The van der Waals surface area contributed by atoms with Gasteiger partial charge in [0.15, 0.2) is 18.8 Å². The standard InChI is InChI=1S/C10H15BF2N/c1-8(2)10-4-9(3)5-14(6-10)7-11(12)13/h4-6,8H,7H2,1-3H3/q+1. The molecule has 0 N–H and O–H groups in total. The highest BCUT2D eigenvalue weighted by Crippen LogP contribution is 2.12. The number of hydrogen-bond donors (Lipinski definition) is 0. The summed E-state index contributed by atoms with van der Waals surface area (Å²) in [4.78, 5) is 0. The van der Waals surface area contributed by atoms with Crippen molar-refractivity contribution >= 4 is 7.27 Å². The Morgan fingerprint density at radius 2 is 2.00 bits per heavy atom. The van der Waals surface area contributed by atoms with Crippen molar-refractivity contribution in [2.45, 2.75) is 33.1 Å². The van der Waals surface area contributed by atoms with Crippen molar-refractivity contribution in [1.82, 2.24) is 0 Å². The Bertz CT molecular complexity index is 313. The number of rotatable bonds is 3. The number of halogens is 2. The molecule has 0 spiro atoms. The Labute approximate surface area is 83.9 Å². The van der Waals surface area contributed by atoms with Gasteiger partial charge in [0.05, 0.1) is 0 Å². The van der Waals surface area contributed by atoms with Gasteiger partial charge in [0.25, 0.3) is 0 Å². The Balaban J connectivity index is 2.95. The fourth-order valence-electron chi connectivity index (χ4n) is 1.41. The zero-order chi connectivity index (χ0) is 10.7. The first-order valence-corrected chi connectivity index (χ1v) is 4.78. The summed E-state index contributed by atoms with van der Waals surface area (Å²) in [7, 11) is -2.29. The van der Waals surface area contributed by atoms with E-state index in [0.29, 0.717) is 5.92 Å². The molecule has 0 amide bonds. The fourth-order valence-corrected chi connectivity index (χ4v) is 1.41. The predicted octanol–water partition coefficient (Wildman–Crippen LogP) is 2.37. The maximum Gasteiger partial charge on any atom is 0.604 e. The molecule has 0 bridgehead atoms. The molecule has 1 aromatic rings. The van der Waals surface area contributed by atoms with Crippen LogP contribution in [-0.2, 0) is 6.44 Å². The van der Waals surface area contributed by atoms with Crippen LogP contribution in [0.3, 0.4) is 0 Å². The van der Waals surface area contributed by atoms with Crippen LogP contribution in [0.15, 0.2) is 18.5 Å². The number of nitrogens with zero attached hydrogens (tertiary/aromatic N) is 1. The molecular weight excluding hydrogens is 183 g/mol. The largest absolute Gasteiger partial charge is 0.604 e. The monoisotopic (exact) mass is 198 g/mol. The number of pyridine rings is 1. The Morgan fingerprint density at radius 1 is 1.36 bits per heavy atom. The zero-order valence-corrected chi connectivity index (χ0v) is 8.80. The number of aryl methyl sites for hydroxylation is 1. The molecule has 0 atom stereocenters. The summed E-state index contributed by atoms with van der Waals surface area (Å²) in [6, 6.07) is 2.03. The van der Waals surface area contributed by atoms with Crippen LogP contribution in [0.25, 0.3) is 0 Å². The van der Waals surface area contributed by atoms with Crippen LogP contribution in [-0.4, -0.2) is 7.27 Å². The van der Waals surface area contributed by atoms with Gasteiger partial charge in [0.1, 0.15) is 0 Å². The quantitative estimate of drug-likeness (QED) is 0.518. The molecule has 0 saturated carbocycles. The molecule has 0 saturated heterocycles. The van der Waals surface area contributed by atoms with Crippen LogP contribution in [0, 0.1) is 6.92 Å². The predicted molar refractivity (Wildman–Crippen MR) is 53.4 cm³/mol. The highest BCUT2D eigenvalue weighted by atomic mass is 19.2. The molecule has 0 aromatic carbocycles. The molecule has 1 rings (SSSR count). The van der Waals surface area contributed by atoms with Crippen molar-refractivity contribution in [2.75, 3.05) is 0 Å². The molecule has 0 aliphatic carbocycles. The third-order valence-corrected chi connectivity index (χ3v) is 2.09. The summed E-state index contributed by atoms with van der Waals surface area (Å²) in [6.45, 7) is 6.04. The van der Waals surface area contributed by atoms with Gasteiger partial charge >= 0.3 is 7.27 Å². The van der Waals surface area contributed by atoms with Crippen molar-refractivity contribution in [3.63, 3.8) is 0 Å². The fraction of sp³-hybridized carbons (Fsp3) is 0.500. The molecule has 1 nitrogen and oxygen atoms in total. The number of aromatic nitrogens is 1. The molecule has 1 heterocycles. The van der Waals surface area contributed by atoms with Crippen molar-refractivity contribution in [3.05, 3.63) is 29.6 Å². The van der Waals surface area contributed by atoms with Gasteiger partial charge in [-0.3, -0.25) is 8.63 Å². The maximum atomic E-state index is 12.2. The smallest absolute Gasteiger partial charge is 0.280 e. The van der Waals surface area contributed by atoms with Crippen molar-refractivity contribution in [1.29, 1.82) is 0 Å². The van der Waals surface area contributed by atoms with Gasteiger partial charge in [0.2, 0.25) is 0 Å². The lowest BCUT2D eigenvalue weighted by Gasteiger charge is -2.04. The normalized spacial score (nSPS) is 10.7. The molecular formula is C10H15BF2N+.